The molecule has 0 amide bonds. The van der Waals surface area contributed by atoms with E-state index >= 15 is 0 Å². The molecule has 0 radical (unpaired) electrons. The van der Waals surface area contributed by atoms with Crippen molar-refractivity contribution in [1.29, 1.82) is 10.7 Å². The summed E-state index contributed by atoms with van der Waals surface area (Å²) >= 11 is 12.5. The lowest BCUT2D eigenvalue weighted by Crippen LogP contribution is -2.23. The summed E-state index contributed by atoms with van der Waals surface area (Å²) in [6, 6.07) is 8.77. The minimum atomic E-state index is -0.476. The fourth-order valence-electron chi connectivity index (χ4n) is 3.92. The van der Waals surface area contributed by atoms with Crippen LogP contribution in [0.4, 0.5) is 11.5 Å². The van der Waals surface area contributed by atoms with Crippen LogP contribution in [0.3, 0.4) is 0 Å². The van der Waals surface area contributed by atoms with E-state index in [1.165, 1.54) is 18.6 Å². The van der Waals surface area contributed by atoms with Crippen LogP contribution in [0.2, 0.25) is 10.0 Å². The zero-order valence-electron chi connectivity index (χ0n) is 18.3. The topological polar surface area (TPSA) is 132 Å². The van der Waals surface area contributed by atoms with Gasteiger partial charge in [-0.25, -0.2) is 4.98 Å². The Labute approximate surface area is 207 Å². The average molecular weight is 497 g/mol. The van der Waals surface area contributed by atoms with Crippen LogP contribution < -0.4 is 15.4 Å². The number of pyridine rings is 2. The van der Waals surface area contributed by atoms with E-state index in [9.17, 15) is 10.4 Å². The van der Waals surface area contributed by atoms with E-state index in [0.29, 0.717) is 69.1 Å². The molecule has 1 aliphatic rings. The highest BCUT2D eigenvalue weighted by molar-refractivity contribution is 6.35. The molecule has 3 heterocycles. The Kier molecular flexibility index (Phi) is 6.89. The fraction of sp³-hybridized carbons (Fsp3) is 0.250. The quantitative estimate of drug-likeness (QED) is 0.340. The summed E-state index contributed by atoms with van der Waals surface area (Å²) in [4.78, 5) is 10.2. The summed E-state index contributed by atoms with van der Waals surface area (Å²) < 4.78 is 6.04. The van der Waals surface area contributed by atoms with Crippen molar-refractivity contribution in [2.75, 3.05) is 23.7 Å². The van der Waals surface area contributed by atoms with Crippen LogP contribution in [0.5, 0.6) is 5.75 Å². The van der Waals surface area contributed by atoms with Crippen molar-refractivity contribution >= 4 is 40.4 Å². The number of nitrogens with one attached hydrogen (secondary N) is 1. The fourth-order valence-corrected chi connectivity index (χ4v) is 4.59. The van der Waals surface area contributed by atoms with Crippen molar-refractivity contribution in [2.45, 2.75) is 25.6 Å². The molecule has 8 nitrogen and oxygen atoms in total. The van der Waals surface area contributed by atoms with E-state index in [1.54, 1.807) is 24.3 Å². The Balaban J connectivity index is 1.60. The molecule has 0 aliphatic carbocycles. The molecule has 4 N–H and O–H groups in total. The van der Waals surface area contributed by atoms with Crippen molar-refractivity contribution in [3.05, 3.63) is 75.2 Å². The number of aliphatic hydroxyl groups is 1. The Morgan fingerprint density at radius 1 is 1.29 bits per heavy atom. The standard InChI is InChI=1S/C24H22Cl2N6O2/c1-13(22-19(25)10-30-11-20(22)26)34-17-2-3-21(28)18(7-17)23(29)15-6-14(8-27)24(31-9-15)32-5-4-16(33)12-32/h2-3,6-7,9-11,13,16,29,33H,4-5,12,28H2,1H3/t13-,16+/m1/s1. The maximum absolute atomic E-state index is 9.81. The molecule has 174 valence electrons. The highest BCUT2D eigenvalue weighted by Gasteiger charge is 2.24. The number of hydrogen-bond donors (Lipinski definition) is 3. The Morgan fingerprint density at radius 3 is 2.68 bits per heavy atom. The number of nitriles is 1. The molecule has 0 bridgehead atoms. The molecule has 0 saturated carbocycles. The molecule has 4 rings (SSSR count). The number of nitrogen functional groups attached to an aromatic ring is 1. The maximum atomic E-state index is 9.81. The molecule has 3 aromatic rings. The van der Waals surface area contributed by atoms with Crippen LogP contribution in [0.15, 0.2) is 42.9 Å². The summed E-state index contributed by atoms with van der Waals surface area (Å²) in [5, 5.41) is 29.0. The summed E-state index contributed by atoms with van der Waals surface area (Å²) in [6.45, 7) is 2.86. The molecular weight excluding hydrogens is 475 g/mol. The highest BCUT2D eigenvalue weighted by Crippen LogP contribution is 2.33. The van der Waals surface area contributed by atoms with Gasteiger partial charge in [0.2, 0.25) is 0 Å². The van der Waals surface area contributed by atoms with Gasteiger partial charge in [-0.05, 0) is 37.6 Å². The molecule has 1 fully saturated rings. The van der Waals surface area contributed by atoms with Gasteiger partial charge >= 0.3 is 0 Å². The first-order valence-electron chi connectivity index (χ1n) is 10.6. The van der Waals surface area contributed by atoms with Gasteiger partial charge in [0.1, 0.15) is 23.7 Å². The number of aromatic nitrogens is 2. The van der Waals surface area contributed by atoms with Gasteiger partial charge in [-0.15, -0.1) is 0 Å². The normalized spacial score (nSPS) is 16.2. The number of rotatable bonds is 6. The zero-order chi connectivity index (χ0) is 24.4. The first-order valence-corrected chi connectivity index (χ1v) is 11.3. The van der Waals surface area contributed by atoms with Gasteiger partial charge in [-0.2, -0.15) is 5.26 Å². The van der Waals surface area contributed by atoms with E-state index in [1.807, 2.05) is 11.8 Å². The van der Waals surface area contributed by atoms with E-state index in [2.05, 4.69) is 16.0 Å². The van der Waals surface area contributed by atoms with E-state index in [4.69, 9.17) is 39.1 Å². The molecule has 1 aromatic carbocycles. The Bertz CT molecular complexity index is 1270. The Hall–Kier alpha value is -3.38. The summed E-state index contributed by atoms with van der Waals surface area (Å²) in [5.41, 5.74) is 8.47. The third-order valence-corrected chi connectivity index (χ3v) is 6.24. The molecule has 2 aromatic heterocycles. The molecule has 1 saturated heterocycles. The van der Waals surface area contributed by atoms with Gasteiger partial charge in [-0.3, -0.25) is 10.4 Å². The van der Waals surface area contributed by atoms with Gasteiger partial charge < -0.3 is 20.5 Å². The highest BCUT2D eigenvalue weighted by atomic mass is 35.5. The molecule has 0 unspecified atom stereocenters. The number of halogens is 2. The van der Waals surface area contributed by atoms with Crippen molar-refractivity contribution in [2.24, 2.45) is 0 Å². The smallest absolute Gasteiger partial charge is 0.146 e. The average Bonchev–Trinajstić information content (AvgIpc) is 3.25. The third kappa shape index (κ3) is 4.77. The monoisotopic (exact) mass is 496 g/mol. The molecule has 1 aliphatic heterocycles. The van der Waals surface area contributed by atoms with Crippen molar-refractivity contribution < 1.29 is 9.84 Å². The van der Waals surface area contributed by atoms with E-state index in [0.717, 1.165) is 0 Å². The van der Waals surface area contributed by atoms with Crippen LogP contribution in [0.25, 0.3) is 0 Å². The number of hydrogen-bond acceptors (Lipinski definition) is 8. The summed E-state index contributed by atoms with van der Waals surface area (Å²) in [6.07, 6.45) is 4.25. The molecule has 0 spiro atoms. The zero-order valence-corrected chi connectivity index (χ0v) is 19.8. The predicted octanol–water partition coefficient (Wildman–Crippen LogP) is 4.36. The predicted molar refractivity (Wildman–Crippen MR) is 132 cm³/mol. The number of ether oxygens (including phenoxy) is 1. The van der Waals surface area contributed by atoms with Crippen LogP contribution >= 0.6 is 23.2 Å². The number of aliphatic hydroxyl groups excluding tert-OH is 1. The summed E-state index contributed by atoms with van der Waals surface area (Å²) in [7, 11) is 0. The van der Waals surface area contributed by atoms with Gasteiger partial charge in [0.05, 0.1) is 27.4 Å². The molecule has 2 atom stereocenters. The molecule has 34 heavy (non-hydrogen) atoms. The van der Waals surface area contributed by atoms with Gasteiger partial charge in [0, 0.05) is 54.1 Å². The number of benzene rings is 1. The summed E-state index contributed by atoms with van der Waals surface area (Å²) in [5.74, 6) is 0.974. The second kappa shape index (κ2) is 9.85. The molecular formula is C24H22Cl2N6O2. The van der Waals surface area contributed by atoms with Crippen LogP contribution in [-0.4, -0.2) is 40.0 Å². The van der Waals surface area contributed by atoms with Crippen molar-refractivity contribution in [3.63, 3.8) is 0 Å². The van der Waals surface area contributed by atoms with Crippen LogP contribution in [0.1, 0.15) is 41.7 Å². The lowest BCUT2D eigenvalue weighted by molar-refractivity contribution is 0.198. The first kappa shape index (κ1) is 23.8. The largest absolute Gasteiger partial charge is 0.486 e. The van der Waals surface area contributed by atoms with E-state index < -0.39 is 12.2 Å². The maximum Gasteiger partial charge on any atom is 0.146 e. The number of anilines is 2. The first-order chi connectivity index (χ1) is 16.3. The van der Waals surface area contributed by atoms with Crippen molar-refractivity contribution in [1.82, 2.24) is 9.97 Å². The number of β-amino-alcohol motifs (C(OH)–C–C–N with tert-alkyl or cyclic N) is 1. The lowest BCUT2D eigenvalue weighted by atomic mass is 10.0. The lowest BCUT2D eigenvalue weighted by Gasteiger charge is -2.19. The number of nitrogens with two attached hydrogens (primary N) is 1. The Morgan fingerprint density at radius 2 is 2.03 bits per heavy atom. The van der Waals surface area contributed by atoms with Crippen LogP contribution in [-0.2, 0) is 0 Å². The SMILES string of the molecule is C[C@@H](Oc1ccc(N)c(C(=N)c2cnc(N3CC[C@H](O)C3)c(C#N)c2)c1)c1c(Cl)cncc1Cl. The molecule has 10 heteroatoms. The van der Waals surface area contributed by atoms with Gasteiger partial charge in [-0.1, -0.05) is 23.2 Å². The minimum Gasteiger partial charge on any atom is -0.486 e. The van der Waals surface area contributed by atoms with E-state index in [-0.39, 0.29) is 5.71 Å². The van der Waals surface area contributed by atoms with Crippen molar-refractivity contribution in [3.8, 4) is 11.8 Å². The van der Waals surface area contributed by atoms with Gasteiger partial charge in [0.15, 0.2) is 0 Å². The third-order valence-electron chi connectivity index (χ3n) is 5.64. The van der Waals surface area contributed by atoms with Crippen LogP contribution in [0, 0.1) is 16.7 Å². The second-order valence-corrected chi connectivity index (χ2v) is 8.81. The van der Waals surface area contributed by atoms with Gasteiger partial charge in [0.25, 0.3) is 0 Å². The second-order valence-electron chi connectivity index (χ2n) is 8.00. The minimum absolute atomic E-state index is 0.104. The number of nitrogens with zero attached hydrogens (tertiary/aromatic N) is 4.